The summed E-state index contributed by atoms with van der Waals surface area (Å²) in [5.41, 5.74) is -0.422. The molecule has 1 aromatic rings. The van der Waals surface area contributed by atoms with Crippen molar-refractivity contribution in [2.24, 2.45) is 5.92 Å². The highest BCUT2D eigenvalue weighted by Crippen LogP contribution is 2.11. The minimum atomic E-state index is -3.96. The van der Waals surface area contributed by atoms with Crippen LogP contribution in [-0.2, 0) is 10.0 Å². The van der Waals surface area contributed by atoms with Crippen molar-refractivity contribution in [3.05, 3.63) is 11.8 Å². The second-order valence-electron chi connectivity index (χ2n) is 3.56. The Kier molecular flexibility index (Phi) is 4.21. The zero-order chi connectivity index (χ0) is 13.1. The molecule has 0 aliphatic carbocycles. The molecule has 0 aliphatic heterocycles. The van der Waals surface area contributed by atoms with Gasteiger partial charge in [0.2, 0.25) is 0 Å². The number of sulfonamides is 1. The number of carboxylic acid groups (broad SMARTS) is 1. The average molecular weight is 263 g/mol. The maximum atomic E-state index is 11.7. The second kappa shape index (κ2) is 5.25. The Morgan fingerprint density at radius 2 is 2.29 bits per heavy atom. The molecule has 0 bridgehead atoms. The fourth-order valence-electron chi connectivity index (χ4n) is 1.02. The summed E-state index contributed by atoms with van der Waals surface area (Å²) in [6.45, 7) is 1.49. The lowest BCUT2D eigenvalue weighted by Gasteiger charge is -2.09. The summed E-state index contributed by atoms with van der Waals surface area (Å²) in [5, 5.41) is 22.5. The molecule has 0 radical (unpaired) electrons. The molecule has 0 saturated carbocycles. The smallest absolute Gasteiger partial charge is 0.340 e. The zero-order valence-electron chi connectivity index (χ0n) is 9.04. The Morgan fingerprint density at radius 1 is 1.65 bits per heavy atom. The van der Waals surface area contributed by atoms with Crippen molar-refractivity contribution in [1.29, 1.82) is 0 Å². The molecule has 9 heteroatoms. The van der Waals surface area contributed by atoms with Gasteiger partial charge in [0.25, 0.3) is 10.0 Å². The highest BCUT2D eigenvalue weighted by atomic mass is 32.2. The average Bonchev–Trinajstić information content (AvgIpc) is 2.75. The largest absolute Gasteiger partial charge is 0.478 e. The predicted molar refractivity (Wildman–Crippen MR) is 57.0 cm³/mol. The molecule has 4 N–H and O–H groups in total. The summed E-state index contributed by atoms with van der Waals surface area (Å²) in [6.07, 6.45) is 0.923. The van der Waals surface area contributed by atoms with Crippen molar-refractivity contribution in [2.45, 2.75) is 11.9 Å². The van der Waals surface area contributed by atoms with Crippen molar-refractivity contribution < 1.29 is 23.4 Å². The number of H-pyrrole nitrogens is 1. The summed E-state index contributed by atoms with van der Waals surface area (Å²) in [5.74, 6) is -1.64. The van der Waals surface area contributed by atoms with Crippen molar-refractivity contribution >= 4 is 16.0 Å². The Bertz CT molecular complexity index is 495. The van der Waals surface area contributed by atoms with Crippen LogP contribution in [0, 0.1) is 5.92 Å². The number of aliphatic hydroxyl groups excluding tert-OH is 1. The van der Waals surface area contributed by atoms with Gasteiger partial charge in [-0.05, 0) is 5.92 Å². The van der Waals surface area contributed by atoms with Gasteiger partial charge in [0.1, 0.15) is 5.56 Å². The van der Waals surface area contributed by atoms with Crippen LogP contribution in [0.15, 0.2) is 11.2 Å². The first-order valence-electron chi connectivity index (χ1n) is 4.75. The van der Waals surface area contributed by atoms with E-state index in [9.17, 15) is 13.2 Å². The molecule has 1 rings (SSSR count). The maximum Gasteiger partial charge on any atom is 0.340 e. The fraction of sp³-hybridized carbons (Fsp3) is 0.500. The van der Waals surface area contributed by atoms with Gasteiger partial charge in [0.05, 0.1) is 6.20 Å². The molecule has 0 aliphatic rings. The summed E-state index contributed by atoms with van der Waals surface area (Å²) < 4.78 is 25.6. The summed E-state index contributed by atoms with van der Waals surface area (Å²) >= 11 is 0. The Hall–Kier alpha value is -1.45. The molecular formula is C8H13N3O5S. The standard InChI is InChI=1S/C8H13N3O5S/c1-5(4-12)2-10-17(15,16)7-6(8(13)14)3-9-11-7/h3,5,10,12H,2,4H2,1H3,(H,9,11)(H,13,14). The van der Waals surface area contributed by atoms with E-state index in [0.717, 1.165) is 6.20 Å². The topological polar surface area (TPSA) is 132 Å². The van der Waals surface area contributed by atoms with Gasteiger partial charge < -0.3 is 10.2 Å². The fourth-order valence-corrected chi connectivity index (χ4v) is 2.27. The third-order valence-electron chi connectivity index (χ3n) is 2.04. The van der Waals surface area contributed by atoms with Crippen LogP contribution in [-0.4, -0.2) is 47.9 Å². The molecule has 96 valence electrons. The van der Waals surface area contributed by atoms with E-state index < -0.39 is 26.6 Å². The van der Waals surface area contributed by atoms with Crippen LogP contribution in [0.2, 0.25) is 0 Å². The van der Waals surface area contributed by atoms with Gasteiger partial charge in [-0.3, -0.25) is 5.10 Å². The summed E-state index contributed by atoms with van der Waals surface area (Å²) in [6, 6.07) is 0. The first kappa shape index (κ1) is 13.6. The second-order valence-corrected chi connectivity index (χ2v) is 5.26. The maximum absolute atomic E-state index is 11.7. The number of carbonyl (C=O) groups is 1. The lowest BCUT2D eigenvalue weighted by atomic mass is 10.2. The predicted octanol–water partition coefficient (Wildman–Crippen LogP) is -0.985. The first-order chi connectivity index (χ1) is 7.88. The molecule has 1 atom stereocenters. The summed E-state index contributed by atoms with van der Waals surface area (Å²) in [7, 11) is -3.96. The minimum absolute atomic E-state index is 0.0108. The highest BCUT2D eigenvalue weighted by Gasteiger charge is 2.24. The molecule has 8 nitrogen and oxygen atoms in total. The van der Waals surface area contributed by atoms with E-state index in [-0.39, 0.29) is 19.1 Å². The quantitative estimate of drug-likeness (QED) is 0.521. The van der Waals surface area contributed by atoms with E-state index in [1.165, 1.54) is 0 Å². The monoisotopic (exact) mass is 263 g/mol. The summed E-state index contributed by atoms with van der Waals surface area (Å²) in [4.78, 5) is 10.7. The number of hydrogen-bond acceptors (Lipinski definition) is 5. The first-order valence-corrected chi connectivity index (χ1v) is 6.24. The van der Waals surface area contributed by atoms with E-state index >= 15 is 0 Å². The Balaban J connectivity index is 2.90. The van der Waals surface area contributed by atoms with Crippen LogP contribution >= 0.6 is 0 Å². The van der Waals surface area contributed by atoms with Crippen LogP contribution in [0.5, 0.6) is 0 Å². The number of nitrogens with one attached hydrogen (secondary N) is 2. The number of nitrogens with zero attached hydrogens (tertiary/aromatic N) is 1. The zero-order valence-corrected chi connectivity index (χ0v) is 9.86. The molecule has 0 saturated heterocycles. The van der Waals surface area contributed by atoms with Gasteiger partial charge in [-0.1, -0.05) is 6.92 Å². The normalized spacial score (nSPS) is 13.5. The van der Waals surface area contributed by atoms with E-state index in [2.05, 4.69) is 14.9 Å². The van der Waals surface area contributed by atoms with Crippen LogP contribution in [0.4, 0.5) is 0 Å². The van der Waals surface area contributed by atoms with Crippen LogP contribution in [0.3, 0.4) is 0 Å². The van der Waals surface area contributed by atoms with Gasteiger partial charge in [0.15, 0.2) is 5.03 Å². The van der Waals surface area contributed by atoms with Gasteiger partial charge in [-0.15, -0.1) is 0 Å². The molecule has 1 unspecified atom stereocenters. The van der Waals surface area contributed by atoms with Crippen LogP contribution in [0.1, 0.15) is 17.3 Å². The van der Waals surface area contributed by atoms with Crippen molar-refractivity contribution in [1.82, 2.24) is 14.9 Å². The molecular weight excluding hydrogens is 250 g/mol. The molecule has 1 aromatic heterocycles. The van der Waals surface area contributed by atoms with Crippen LogP contribution in [0.25, 0.3) is 0 Å². The van der Waals surface area contributed by atoms with E-state index in [0.29, 0.717) is 0 Å². The van der Waals surface area contributed by atoms with E-state index in [1.54, 1.807) is 6.92 Å². The number of rotatable bonds is 6. The number of aromatic nitrogens is 2. The molecule has 0 amide bonds. The third kappa shape index (κ3) is 3.25. The van der Waals surface area contributed by atoms with Crippen LogP contribution < -0.4 is 4.72 Å². The highest BCUT2D eigenvalue weighted by molar-refractivity contribution is 7.89. The molecule has 1 heterocycles. The molecule has 0 spiro atoms. The minimum Gasteiger partial charge on any atom is -0.478 e. The lowest BCUT2D eigenvalue weighted by Crippen LogP contribution is -2.30. The number of carboxylic acids is 1. The van der Waals surface area contributed by atoms with Crippen molar-refractivity contribution in [2.75, 3.05) is 13.2 Å². The lowest BCUT2D eigenvalue weighted by molar-refractivity contribution is 0.0692. The molecule has 0 aromatic carbocycles. The van der Waals surface area contributed by atoms with Gasteiger partial charge >= 0.3 is 5.97 Å². The number of aromatic amines is 1. The van der Waals surface area contributed by atoms with E-state index in [1.807, 2.05) is 0 Å². The van der Waals surface area contributed by atoms with Crippen molar-refractivity contribution in [3.63, 3.8) is 0 Å². The third-order valence-corrected chi connectivity index (χ3v) is 3.43. The molecule has 17 heavy (non-hydrogen) atoms. The van der Waals surface area contributed by atoms with Crippen molar-refractivity contribution in [3.8, 4) is 0 Å². The number of hydrogen-bond donors (Lipinski definition) is 4. The Labute approximate surface area is 97.7 Å². The SMILES string of the molecule is CC(CO)CNS(=O)(=O)c1[nH]ncc1C(=O)O. The Morgan fingerprint density at radius 3 is 2.82 bits per heavy atom. The number of aliphatic hydroxyl groups is 1. The number of aromatic carboxylic acids is 1. The van der Waals surface area contributed by atoms with Gasteiger partial charge in [-0.2, -0.15) is 5.10 Å². The van der Waals surface area contributed by atoms with Gasteiger partial charge in [0, 0.05) is 13.2 Å². The van der Waals surface area contributed by atoms with Gasteiger partial charge in [-0.25, -0.2) is 17.9 Å². The van der Waals surface area contributed by atoms with E-state index in [4.69, 9.17) is 10.2 Å². The molecule has 0 fully saturated rings.